The van der Waals surface area contributed by atoms with Crippen molar-refractivity contribution in [2.45, 2.75) is 19.9 Å². The van der Waals surface area contributed by atoms with Gasteiger partial charge in [0.1, 0.15) is 5.75 Å². The topological polar surface area (TPSA) is 73.2 Å². The number of para-hydroxylation sites is 1. The van der Waals surface area contributed by atoms with Crippen molar-refractivity contribution in [2.75, 3.05) is 11.9 Å². The number of aromatic nitrogens is 2. The van der Waals surface area contributed by atoms with Gasteiger partial charge in [0.2, 0.25) is 5.91 Å². The van der Waals surface area contributed by atoms with Gasteiger partial charge in [0.05, 0.1) is 27.0 Å². The molecule has 0 atom stereocenters. The van der Waals surface area contributed by atoms with Gasteiger partial charge in [-0.1, -0.05) is 34.8 Å². The summed E-state index contributed by atoms with van der Waals surface area (Å²) < 4.78 is 9.02. The number of thiazole rings is 2. The Hall–Kier alpha value is -2.71. The number of rotatable bonds is 6. The minimum atomic E-state index is -0.165. The fourth-order valence-corrected chi connectivity index (χ4v) is 4.66. The van der Waals surface area contributed by atoms with Crippen LogP contribution in [0.25, 0.3) is 20.4 Å². The third-order valence-electron chi connectivity index (χ3n) is 4.05. The summed E-state index contributed by atoms with van der Waals surface area (Å²) in [6.07, 6.45) is 0.209. The molecule has 8 heteroatoms. The largest absolute Gasteiger partial charge is 0.494 e. The molecule has 4 rings (SSSR count). The van der Waals surface area contributed by atoms with Crippen LogP contribution in [0, 0.1) is 0 Å². The Morgan fingerprint density at radius 2 is 2.04 bits per heavy atom. The number of benzene rings is 2. The highest BCUT2D eigenvalue weighted by atomic mass is 32.1. The van der Waals surface area contributed by atoms with Gasteiger partial charge in [-0.15, -0.1) is 0 Å². The van der Waals surface area contributed by atoms with Gasteiger partial charge in [-0.3, -0.25) is 14.2 Å². The second kappa shape index (κ2) is 7.50. The van der Waals surface area contributed by atoms with E-state index in [4.69, 9.17) is 4.74 Å². The van der Waals surface area contributed by atoms with Crippen molar-refractivity contribution >= 4 is 54.1 Å². The second-order valence-electron chi connectivity index (χ2n) is 5.87. The molecule has 27 heavy (non-hydrogen) atoms. The fourth-order valence-electron chi connectivity index (χ4n) is 2.84. The summed E-state index contributed by atoms with van der Waals surface area (Å²) in [5.74, 6) is 0.622. The first-order valence-corrected chi connectivity index (χ1v) is 10.2. The molecular weight excluding hydrogens is 382 g/mol. The van der Waals surface area contributed by atoms with Gasteiger partial charge in [-0.25, -0.2) is 4.98 Å². The molecule has 2 heterocycles. The number of amides is 1. The van der Waals surface area contributed by atoms with E-state index >= 15 is 0 Å². The van der Waals surface area contributed by atoms with Crippen molar-refractivity contribution in [3.63, 3.8) is 0 Å². The highest BCUT2D eigenvalue weighted by Crippen LogP contribution is 2.29. The molecule has 0 aliphatic rings. The number of ether oxygens (including phenoxy) is 1. The molecule has 0 radical (unpaired) electrons. The number of carbonyl (C=O) groups is 1. The zero-order valence-corrected chi connectivity index (χ0v) is 16.2. The first-order valence-electron chi connectivity index (χ1n) is 8.55. The van der Waals surface area contributed by atoms with E-state index in [2.05, 4.69) is 10.3 Å². The molecule has 0 fully saturated rings. The monoisotopic (exact) mass is 399 g/mol. The van der Waals surface area contributed by atoms with Crippen LogP contribution in [-0.2, 0) is 11.3 Å². The molecule has 6 nitrogen and oxygen atoms in total. The summed E-state index contributed by atoms with van der Waals surface area (Å²) in [7, 11) is 0. The molecule has 2 aromatic heterocycles. The van der Waals surface area contributed by atoms with Crippen LogP contribution >= 0.6 is 22.7 Å². The molecule has 2 aromatic carbocycles. The summed E-state index contributed by atoms with van der Waals surface area (Å²) in [5, 5.41) is 3.38. The lowest BCUT2D eigenvalue weighted by atomic mass is 10.3. The third-order valence-corrected chi connectivity index (χ3v) is 5.95. The second-order valence-corrected chi connectivity index (χ2v) is 7.89. The van der Waals surface area contributed by atoms with E-state index in [1.807, 2.05) is 49.4 Å². The van der Waals surface area contributed by atoms with Crippen LogP contribution in [0.1, 0.15) is 13.3 Å². The van der Waals surface area contributed by atoms with Crippen molar-refractivity contribution in [3.05, 3.63) is 52.1 Å². The van der Waals surface area contributed by atoms with Gasteiger partial charge in [0.15, 0.2) is 5.13 Å². The van der Waals surface area contributed by atoms with E-state index in [0.29, 0.717) is 18.3 Å². The first-order chi connectivity index (χ1) is 13.1. The molecule has 4 aromatic rings. The van der Waals surface area contributed by atoms with Crippen LogP contribution in [0.15, 0.2) is 47.3 Å². The highest BCUT2D eigenvalue weighted by Gasteiger charge is 2.11. The van der Waals surface area contributed by atoms with Crippen LogP contribution in [0.3, 0.4) is 0 Å². The Morgan fingerprint density at radius 1 is 1.19 bits per heavy atom. The fraction of sp³-hybridized carbons (Fsp3) is 0.211. The number of nitrogens with one attached hydrogen (secondary N) is 1. The third kappa shape index (κ3) is 3.72. The van der Waals surface area contributed by atoms with E-state index in [1.165, 1.54) is 22.7 Å². The Bertz CT molecular complexity index is 1180. The molecule has 1 amide bonds. The van der Waals surface area contributed by atoms with Crippen molar-refractivity contribution in [2.24, 2.45) is 0 Å². The number of carbonyl (C=O) groups excluding carboxylic acids is 1. The molecule has 0 saturated carbocycles. The number of nitrogens with zero attached hydrogens (tertiary/aromatic N) is 2. The average Bonchev–Trinajstić information content (AvgIpc) is 3.19. The summed E-state index contributed by atoms with van der Waals surface area (Å²) in [5.41, 5.74) is 1.68. The Kier molecular flexibility index (Phi) is 4.91. The van der Waals surface area contributed by atoms with Gasteiger partial charge in [0, 0.05) is 13.0 Å². The normalized spacial score (nSPS) is 11.1. The molecule has 1 N–H and O–H groups in total. The summed E-state index contributed by atoms with van der Waals surface area (Å²) in [4.78, 5) is 28.8. The lowest BCUT2D eigenvalue weighted by molar-refractivity contribution is -0.116. The predicted molar refractivity (Wildman–Crippen MR) is 110 cm³/mol. The molecule has 0 spiro atoms. The molecular formula is C19H17N3O3S2. The van der Waals surface area contributed by atoms with Gasteiger partial charge in [-0.2, -0.15) is 0 Å². The smallest absolute Gasteiger partial charge is 0.308 e. The first kappa shape index (κ1) is 17.7. The van der Waals surface area contributed by atoms with Gasteiger partial charge in [-0.05, 0) is 37.3 Å². The van der Waals surface area contributed by atoms with Crippen molar-refractivity contribution < 1.29 is 9.53 Å². The quantitative estimate of drug-likeness (QED) is 0.530. The summed E-state index contributed by atoms with van der Waals surface area (Å²) in [6.45, 7) is 2.88. The number of anilines is 1. The maximum absolute atomic E-state index is 12.3. The molecule has 138 valence electrons. The van der Waals surface area contributed by atoms with Crippen LogP contribution < -0.4 is 14.9 Å². The Balaban J connectivity index is 1.45. The lowest BCUT2D eigenvalue weighted by Gasteiger charge is -2.04. The minimum absolute atomic E-state index is 0.0487. The number of fused-ring (bicyclic) bond motifs is 2. The summed E-state index contributed by atoms with van der Waals surface area (Å²) >= 11 is 2.60. The van der Waals surface area contributed by atoms with Crippen molar-refractivity contribution in [1.29, 1.82) is 0 Å². The maximum atomic E-state index is 12.3. The molecule has 0 aliphatic carbocycles. The zero-order chi connectivity index (χ0) is 18.8. The minimum Gasteiger partial charge on any atom is -0.494 e. The zero-order valence-electron chi connectivity index (χ0n) is 14.6. The molecule has 0 bridgehead atoms. The van der Waals surface area contributed by atoms with E-state index in [1.54, 1.807) is 4.57 Å². The van der Waals surface area contributed by atoms with Gasteiger partial charge < -0.3 is 10.1 Å². The lowest BCUT2D eigenvalue weighted by Crippen LogP contribution is -2.19. The SMILES string of the molecule is CCOc1ccc2nc(NC(=O)CCn3c(=O)sc4ccccc43)sc2c1. The molecule has 0 unspecified atom stereocenters. The Labute approximate surface area is 163 Å². The highest BCUT2D eigenvalue weighted by molar-refractivity contribution is 7.22. The Morgan fingerprint density at radius 3 is 2.89 bits per heavy atom. The van der Waals surface area contributed by atoms with Crippen LogP contribution in [0.4, 0.5) is 5.13 Å². The molecule has 0 aliphatic heterocycles. The maximum Gasteiger partial charge on any atom is 0.308 e. The van der Waals surface area contributed by atoms with E-state index < -0.39 is 0 Å². The summed E-state index contributed by atoms with van der Waals surface area (Å²) in [6, 6.07) is 13.3. The van der Waals surface area contributed by atoms with Gasteiger partial charge >= 0.3 is 4.87 Å². The van der Waals surface area contributed by atoms with E-state index in [-0.39, 0.29) is 17.2 Å². The standard InChI is InChI=1S/C19H17N3O3S2/c1-2-25-12-7-8-13-16(11-12)26-18(20-13)21-17(23)9-10-22-14-5-3-4-6-15(14)27-19(22)24/h3-8,11H,2,9-10H2,1H3,(H,20,21,23). The average molecular weight is 399 g/mol. The van der Waals surface area contributed by atoms with Gasteiger partial charge in [0.25, 0.3) is 0 Å². The van der Waals surface area contributed by atoms with Crippen LogP contribution in [0.2, 0.25) is 0 Å². The van der Waals surface area contributed by atoms with Crippen molar-refractivity contribution in [3.8, 4) is 5.75 Å². The number of hydrogen-bond acceptors (Lipinski definition) is 6. The number of hydrogen-bond donors (Lipinski definition) is 1. The van der Waals surface area contributed by atoms with E-state index in [9.17, 15) is 9.59 Å². The van der Waals surface area contributed by atoms with Crippen LogP contribution in [0.5, 0.6) is 5.75 Å². The van der Waals surface area contributed by atoms with Crippen molar-refractivity contribution in [1.82, 2.24) is 9.55 Å². The van der Waals surface area contributed by atoms with E-state index in [0.717, 1.165) is 26.2 Å². The number of aryl methyl sites for hydroxylation is 1. The van der Waals surface area contributed by atoms with Crippen LogP contribution in [-0.4, -0.2) is 22.1 Å². The predicted octanol–water partition coefficient (Wildman–Crippen LogP) is 4.10. The molecule has 0 saturated heterocycles.